The van der Waals surface area contributed by atoms with Gasteiger partial charge in [-0.1, -0.05) is 0 Å². The van der Waals surface area contributed by atoms with Gasteiger partial charge in [0.25, 0.3) is 0 Å². The van der Waals surface area contributed by atoms with E-state index in [1.54, 1.807) is 24.3 Å². The number of nitrogens with zero attached hydrogens (tertiary/aromatic N) is 4. The highest BCUT2D eigenvalue weighted by molar-refractivity contribution is 5.89. The van der Waals surface area contributed by atoms with Crippen molar-refractivity contribution < 1.29 is 22.7 Å². The Labute approximate surface area is 190 Å². The molecular formula is C22H27F3N6O2. The van der Waals surface area contributed by atoms with Crippen molar-refractivity contribution in [3.63, 3.8) is 0 Å². The molecule has 0 atom stereocenters. The van der Waals surface area contributed by atoms with Crippen molar-refractivity contribution >= 4 is 17.5 Å². The summed E-state index contributed by atoms with van der Waals surface area (Å²) in [7, 11) is 0. The predicted molar refractivity (Wildman–Crippen MR) is 118 cm³/mol. The molecular weight excluding hydrogens is 437 g/mol. The number of hydrogen-bond acceptors (Lipinski definition) is 6. The fourth-order valence-electron chi connectivity index (χ4n) is 4.06. The molecule has 33 heavy (non-hydrogen) atoms. The minimum Gasteiger partial charge on any atom is -0.378 e. The minimum absolute atomic E-state index is 0.124. The third-order valence-corrected chi connectivity index (χ3v) is 5.57. The molecule has 1 aromatic carbocycles. The number of aromatic nitrogens is 2. The van der Waals surface area contributed by atoms with Crippen molar-refractivity contribution in [2.45, 2.75) is 26.1 Å². The quantitative estimate of drug-likeness (QED) is 0.708. The van der Waals surface area contributed by atoms with E-state index in [0.717, 1.165) is 16.9 Å². The molecule has 1 fully saturated rings. The molecule has 2 aliphatic heterocycles. The van der Waals surface area contributed by atoms with Gasteiger partial charge in [0.15, 0.2) is 5.82 Å². The molecule has 8 nitrogen and oxygen atoms in total. The van der Waals surface area contributed by atoms with E-state index in [4.69, 9.17) is 9.72 Å². The van der Waals surface area contributed by atoms with Gasteiger partial charge in [-0.25, -0.2) is 14.8 Å². The van der Waals surface area contributed by atoms with Gasteiger partial charge in [0, 0.05) is 49.5 Å². The number of halogens is 3. The zero-order chi connectivity index (χ0) is 23.4. The number of morpholine rings is 1. The maximum atomic E-state index is 13.0. The monoisotopic (exact) mass is 464 g/mol. The van der Waals surface area contributed by atoms with Crippen LogP contribution in [0, 0.1) is 0 Å². The summed E-state index contributed by atoms with van der Waals surface area (Å²) in [5, 5.41) is 5.40. The second-order valence-corrected chi connectivity index (χ2v) is 8.03. The first kappa shape index (κ1) is 23.2. The number of fused-ring (bicyclic) bond motifs is 1. The molecule has 0 radical (unpaired) electrons. The number of carbonyl (C=O) groups is 1. The minimum atomic E-state index is -4.26. The van der Waals surface area contributed by atoms with Crippen LogP contribution in [0.1, 0.15) is 18.2 Å². The number of benzene rings is 1. The summed E-state index contributed by atoms with van der Waals surface area (Å²) in [5.74, 6) is 1.23. The Morgan fingerprint density at radius 1 is 1.12 bits per heavy atom. The summed E-state index contributed by atoms with van der Waals surface area (Å²) >= 11 is 0. The summed E-state index contributed by atoms with van der Waals surface area (Å²) in [6.07, 6.45) is -3.79. The fraction of sp³-hybridized carbons (Fsp3) is 0.500. The Morgan fingerprint density at radius 2 is 1.85 bits per heavy atom. The first-order valence-corrected chi connectivity index (χ1v) is 11.0. The topological polar surface area (TPSA) is 82.6 Å². The van der Waals surface area contributed by atoms with Gasteiger partial charge in [-0.2, -0.15) is 13.2 Å². The van der Waals surface area contributed by atoms with Crippen molar-refractivity contribution in [2.24, 2.45) is 0 Å². The summed E-state index contributed by atoms with van der Waals surface area (Å²) < 4.78 is 44.4. The normalized spacial score (nSPS) is 16.9. The Kier molecular flexibility index (Phi) is 6.99. The van der Waals surface area contributed by atoms with Crippen LogP contribution in [0.25, 0.3) is 11.4 Å². The number of urea groups is 1. The van der Waals surface area contributed by atoms with Crippen molar-refractivity contribution in [1.29, 1.82) is 0 Å². The van der Waals surface area contributed by atoms with Crippen LogP contribution in [0.15, 0.2) is 24.3 Å². The highest BCUT2D eigenvalue weighted by Gasteiger charge is 2.34. The van der Waals surface area contributed by atoms with Crippen LogP contribution in [0.5, 0.6) is 0 Å². The molecule has 0 aliphatic carbocycles. The molecule has 0 unspecified atom stereocenters. The number of ether oxygens (including phenoxy) is 1. The van der Waals surface area contributed by atoms with Crippen LogP contribution in [0.3, 0.4) is 0 Å². The first-order chi connectivity index (χ1) is 15.8. The van der Waals surface area contributed by atoms with E-state index in [-0.39, 0.29) is 12.6 Å². The second-order valence-electron chi connectivity index (χ2n) is 8.03. The van der Waals surface area contributed by atoms with Gasteiger partial charge in [-0.3, -0.25) is 4.90 Å². The zero-order valence-corrected chi connectivity index (χ0v) is 18.4. The lowest BCUT2D eigenvalue weighted by molar-refractivity contribution is -0.147. The Bertz CT molecular complexity index is 977. The average molecular weight is 464 g/mol. The maximum absolute atomic E-state index is 13.0. The number of carbonyl (C=O) groups excluding carboxylic acids is 1. The van der Waals surface area contributed by atoms with Crippen LogP contribution < -0.4 is 15.5 Å². The number of rotatable bonds is 5. The van der Waals surface area contributed by atoms with Gasteiger partial charge in [-0.05, 0) is 37.6 Å². The molecule has 3 heterocycles. The third-order valence-electron chi connectivity index (χ3n) is 5.57. The number of anilines is 2. The first-order valence-electron chi connectivity index (χ1n) is 11.0. The van der Waals surface area contributed by atoms with E-state index >= 15 is 0 Å². The Morgan fingerprint density at radius 3 is 2.52 bits per heavy atom. The lowest BCUT2D eigenvalue weighted by Crippen LogP contribution is -2.41. The molecule has 0 saturated carbocycles. The largest absolute Gasteiger partial charge is 0.401 e. The molecule has 2 amide bonds. The summed E-state index contributed by atoms with van der Waals surface area (Å²) in [5.41, 5.74) is 2.88. The summed E-state index contributed by atoms with van der Waals surface area (Å²) in [4.78, 5) is 24.7. The van der Waals surface area contributed by atoms with Crippen molar-refractivity contribution in [1.82, 2.24) is 20.2 Å². The zero-order valence-electron chi connectivity index (χ0n) is 18.4. The van der Waals surface area contributed by atoms with E-state index in [0.29, 0.717) is 63.0 Å². The number of amides is 2. The van der Waals surface area contributed by atoms with Gasteiger partial charge in [0.1, 0.15) is 5.82 Å². The third kappa shape index (κ3) is 5.91. The fourth-order valence-corrected chi connectivity index (χ4v) is 4.06. The molecule has 178 valence electrons. The van der Waals surface area contributed by atoms with E-state index in [9.17, 15) is 18.0 Å². The lowest BCUT2D eigenvalue weighted by Gasteiger charge is -2.34. The lowest BCUT2D eigenvalue weighted by atomic mass is 10.0. The molecule has 11 heteroatoms. The van der Waals surface area contributed by atoms with Crippen LogP contribution in [-0.2, 0) is 17.7 Å². The SMILES string of the molecule is CCNC(=O)Nc1ccc(-c2nc3c(c(N4CCOCC4)n2)CCN(CC(F)(F)F)C3)cc1. The Balaban J connectivity index is 1.64. The smallest absolute Gasteiger partial charge is 0.378 e. The van der Waals surface area contributed by atoms with Crippen molar-refractivity contribution in [2.75, 3.05) is 56.2 Å². The number of nitrogens with one attached hydrogen (secondary N) is 2. The molecule has 2 N–H and O–H groups in total. The highest BCUT2D eigenvalue weighted by atomic mass is 19.4. The van der Waals surface area contributed by atoms with Gasteiger partial charge in [0.2, 0.25) is 0 Å². The highest BCUT2D eigenvalue weighted by Crippen LogP contribution is 2.31. The predicted octanol–water partition coefficient (Wildman–Crippen LogP) is 3.04. The van der Waals surface area contributed by atoms with Crippen LogP contribution >= 0.6 is 0 Å². The second kappa shape index (κ2) is 9.92. The average Bonchev–Trinajstić information content (AvgIpc) is 2.78. The van der Waals surface area contributed by atoms with Gasteiger partial charge >= 0.3 is 12.2 Å². The summed E-state index contributed by atoms with van der Waals surface area (Å²) in [6, 6.07) is 6.79. The molecule has 0 bridgehead atoms. The van der Waals surface area contributed by atoms with E-state index in [1.807, 2.05) is 6.92 Å². The Hall–Kier alpha value is -2.92. The van der Waals surface area contributed by atoms with Gasteiger partial charge in [-0.15, -0.1) is 0 Å². The van der Waals surface area contributed by atoms with Crippen molar-refractivity contribution in [3.05, 3.63) is 35.5 Å². The maximum Gasteiger partial charge on any atom is 0.401 e. The number of alkyl halides is 3. The molecule has 2 aliphatic rings. The van der Waals surface area contributed by atoms with E-state index in [2.05, 4.69) is 20.5 Å². The van der Waals surface area contributed by atoms with Gasteiger partial charge in [0.05, 0.1) is 25.5 Å². The van der Waals surface area contributed by atoms with Crippen LogP contribution in [-0.4, -0.2) is 73.0 Å². The molecule has 1 aromatic heterocycles. The van der Waals surface area contributed by atoms with Crippen LogP contribution in [0.4, 0.5) is 29.5 Å². The molecule has 1 saturated heterocycles. The van der Waals surface area contributed by atoms with Crippen molar-refractivity contribution in [3.8, 4) is 11.4 Å². The van der Waals surface area contributed by atoms with E-state index < -0.39 is 12.7 Å². The molecule has 4 rings (SSSR count). The van der Waals surface area contributed by atoms with E-state index in [1.165, 1.54) is 4.90 Å². The van der Waals surface area contributed by atoms with Crippen LogP contribution in [0.2, 0.25) is 0 Å². The molecule has 2 aromatic rings. The standard InChI is InChI=1S/C22H27F3N6O2/c1-2-26-21(32)27-16-5-3-15(4-6-16)19-28-18-13-30(14-22(23,24)25)8-7-17(18)20(29-19)31-9-11-33-12-10-31/h3-6H,2,7-14H2,1H3,(H2,26,27,32). The van der Waals surface area contributed by atoms with Gasteiger partial charge < -0.3 is 20.3 Å². The number of hydrogen-bond donors (Lipinski definition) is 2. The summed E-state index contributed by atoms with van der Waals surface area (Å²) in [6.45, 7) is 4.32. The molecule has 0 spiro atoms.